The van der Waals surface area contributed by atoms with E-state index in [4.69, 9.17) is 9.97 Å². The second-order valence-corrected chi connectivity index (χ2v) is 11.9. The van der Waals surface area contributed by atoms with Gasteiger partial charge in [-0.1, -0.05) is 84.9 Å². The van der Waals surface area contributed by atoms with E-state index >= 15 is 0 Å². The molecule has 3 heteroatoms. The summed E-state index contributed by atoms with van der Waals surface area (Å²) in [6.07, 6.45) is 3.56. The van der Waals surface area contributed by atoms with Crippen molar-refractivity contribution >= 4 is 54.4 Å². The predicted molar refractivity (Wildman–Crippen MR) is 173 cm³/mol. The van der Waals surface area contributed by atoms with E-state index in [1.807, 2.05) is 0 Å². The maximum absolute atomic E-state index is 4.74. The minimum absolute atomic E-state index is 0.0246. The molecule has 0 saturated carbocycles. The average Bonchev–Trinajstić information content (AvgIpc) is 3.35. The standard InChI is InChI=1S/C38H29N3/c1-38(2,3)41-34-15-9-8-13-29(34)33-23-25(17-19-35(33)41)27-11-5-4-10-26(27)24-16-18-31-32(22-24)28-12-6-7-14-30(28)36-37(31)40-21-20-39-36/h4-23H,1-3H3. The summed E-state index contributed by atoms with van der Waals surface area (Å²) in [5, 5.41) is 7.24. The second-order valence-electron chi connectivity index (χ2n) is 11.9. The van der Waals surface area contributed by atoms with Gasteiger partial charge < -0.3 is 4.57 Å². The number of fused-ring (bicyclic) bond motifs is 9. The zero-order valence-corrected chi connectivity index (χ0v) is 23.4. The van der Waals surface area contributed by atoms with Gasteiger partial charge in [-0.2, -0.15) is 0 Å². The molecule has 8 rings (SSSR count). The normalized spacial score (nSPS) is 12.3. The Bertz CT molecular complexity index is 2270. The molecule has 3 nitrogen and oxygen atoms in total. The summed E-state index contributed by atoms with van der Waals surface area (Å²) in [5.74, 6) is 0. The van der Waals surface area contributed by atoms with E-state index in [1.54, 1.807) is 12.4 Å². The topological polar surface area (TPSA) is 30.7 Å². The molecule has 0 aliphatic carbocycles. The molecule has 0 unspecified atom stereocenters. The maximum Gasteiger partial charge on any atom is 0.0971 e. The molecule has 8 aromatic rings. The number of nitrogens with zero attached hydrogens (tertiary/aromatic N) is 3. The number of aromatic nitrogens is 3. The first-order valence-corrected chi connectivity index (χ1v) is 14.2. The number of rotatable bonds is 2. The van der Waals surface area contributed by atoms with Crippen LogP contribution in [0.4, 0.5) is 0 Å². The summed E-state index contributed by atoms with van der Waals surface area (Å²) >= 11 is 0. The van der Waals surface area contributed by atoms with Gasteiger partial charge in [0.15, 0.2) is 0 Å². The first kappa shape index (κ1) is 23.8. The van der Waals surface area contributed by atoms with Crippen LogP contribution in [0, 0.1) is 0 Å². The number of hydrogen-bond donors (Lipinski definition) is 0. The van der Waals surface area contributed by atoms with Crippen molar-refractivity contribution in [2.24, 2.45) is 0 Å². The number of para-hydroxylation sites is 1. The van der Waals surface area contributed by atoms with Crippen molar-refractivity contribution in [1.82, 2.24) is 14.5 Å². The van der Waals surface area contributed by atoms with Crippen molar-refractivity contribution in [3.8, 4) is 22.3 Å². The van der Waals surface area contributed by atoms with E-state index < -0.39 is 0 Å². The monoisotopic (exact) mass is 527 g/mol. The minimum Gasteiger partial charge on any atom is -0.335 e. The van der Waals surface area contributed by atoms with Crippen molar-refractivity contribution in [2.45, 2.75) is 26.3 Å². The van der Waals surface area contributed by atoms with Crippen LogP contribution < -0.4 is 0 Å². The predicted octanol–water partition coefficient (Wildman–Crippen LogP) is 10.1. The van der Waals surface area contributed by atoms with Crippen molar-refractivity contribution in [1.29, 1.82) is 0 Å². The average molecular weight is 528 g/mol. The molecule has 0 aliphatic rings. The van der Waals surface area contributed by atoms with Gasteiger partial charge in [-0.25, -0.2) is 0 Å². The third-order valence-corrected chi connectivity index (χ3v) is 8.34. The van der Waals surface area contributed by atoms with Gasteiger partial charge in [0.25, 0.3) is 0 Å². The van der Waals surface area contributed by atoms with E-state index in [0.29, 0.717) is 0 Å². The van der Waals surface area contributed by atoms with Crippen LogP contribution in [-0.4, -0.2) is 14.5 Å². The molecule has 6 aromatic carbocycles. The summed E-state index contributed by atoms with van der Waals surface area (Å²) in [6.45, 7) is 6.83. The highest BCUT2D eigenvalue weighted by molar-refractivity contribution is 6.23. The van der Waals surface area contributed by atoms with E-state index in [-0.39, 0.29) is 5.54 Å². The molecule has 2 heterocycles. The first-order valence-electron chi connectivity index (χ1n) is 14.2. The van der Waals surface area contributed by atoms with Gasteiger partial charge in [0, 0.05) is 50.5 Å². The second kappa shape index (κ2) is 8.74. The van der Waals surface area contributed by atoms with Crippen molar-refractivity contribution in [2.75, 3.05) is 0 Å². The summed E-state index contributed by atoms with van der Waals surface area (Å²) in [5.41, 5.74) is 9.28. The Labute approximate surface area is 238 Å². The van der Waals surface area contributed by atoms with Crippen LogP contribution in [-0.2, 0) is 5.54 Å². The van der Waals surface area contributed by atoms with Gasteiger partial charge in [-0.15, -0.1) is 0 Å². The van der Waals surface area contributed by atoms with Crippen LogP contribution >= 0.6 is 0 Å². The summed E-state index contributed by atoms with van der Waals surface area (Å²) in [4.78, 5) is 9.43. The maximum atomic E-state index is 4.74. The van der Waals surface area contributed by atoms with Gasteiger partial charge in [0.05, 0.1) is 11.0 Å². The molecule has 0 saturated heterocycles. The van der Waals surface area contributed by atoms with Crippen LogP contribution in [0.15, 0.2) is 122 Å². The first-order chi connectivity index (χ1) is 20.0. The largest absolute Gasteiger partial charge is 0.335 e. The lowest BCUT2D eigenvalue weighted by Gasteiger charge is -2.24. The fourth-order valence-electron chi connectivity index (χ4n) is 6.65. The highest BCUT2D eigenvalue weighted by Gasteiger charge is 2.21. The van der Waals surface area contributed by atoms with Crippen LogP contribution in [0.3, 0.4) is 0 Å². The Morgan fingerprint density at radius 1 is 0.463 bits per heavy atom. The third kappa shape index (κ3) is 3.59. The van der Waals surface area contributed by atoms with Crippen LogP contribution in [0.5, 0.6) is 0 Å². The summed E-state index contributed by atoms with van der Waals surface area (Å²) in [7, 11) is 0. The van der Waals surface area contributed by atoms with E-state index in [2.05, 4.69) is 135 Å². The molecule has 0 bridgehead atoms. The zero-order valence-electron chi connectivity index (χ0n) is 23.4. The van der Waals surface area contributed by atoms with Gasteiger partial charge >= 0.3 is 0 Å². The minimum atomic E-state index is -0.0246. The molecule has 0 spiro atoms. The molecule has 196 valence electrons. The van der Waals surface area contributed by atoms with Crippen molar-refractivity contribution in [3.63, 3.8) is 0 Å². The smallest absolute Gasteiger partial charge is 0.0971 e. The van der Waals surface area contributed by atoms with Crippen molar-refractivity contribution in [3.05, 3.63) is 122 Å². The quantitative estimate of drug-likeness (QED) is 0.209. The molecule has 2 aromatic heterocycles. The van der Waals surface area contributed by atoms with E-state index in [1.165, 1.54) is 54.8 Å². The van der Waals surface area contributed by atoms with E-state index in [9.17, 15) is 0 Å². The van der Waals surface area contributed by atoms with Crippen molar-refractivity contribution < 1.29 is 0 Å². The Hall–Kier alpha value is -5.02. The molecular weight excluding hydrogens is 498 g/mol. The Balaban J connectivity index is 1.37. The van der Waals surface area contributed by atoms with Gasteiger partial charge in [-0.05, 0) is 78.1 Å². The molecule has 0 aliphatic heterocycles. The Morgan fingerprint density at radius 2 is 0.976 bits per heavy atom. The molecule has 0 radical (unpaired) electrons. The van der Waals surface area contributed by atoms with Gasteiger partial charge in [0.2, 0.25) is 0 Å². The Morgan fingerprint density at radius 3 is 1.66 bits per heavy atom. The van der Waals surface area contributed by atoms with Crippen LogP contribution in [0.25, 0.3) is 76.6 Å². The summed E-state index contributed by atoms with van der Waals surface area (Å²) in [6, 6.07) is 39.8. The number of hydrogen-bond acceptors (Lipinski definition) is 2. The molecule has 0 fully saturated rings. The fraction of sp³-hybridized carbons (Fsp3) is 0.105. The fourth-order valence-corrected chi connectivity index (χ4v) is 6.65. The zero-order chi connectivity index (χ0) is 27.7. The van der Waals surface area contributed by atoms with E-state index in [0.717, 1.165) is 21.8 Å². The molecule has 0 N–H and O–H groups in total. The third-order valence-electron chi connectivity index (χ3n) is 8.34. The molecular formula is C38H29N3. The van der Waals surface area contributed by atoms with Gasteiger partial charge in [-0.3, -0.25) is 9.97 Å². The lowest BCUT2D eigenvalue weighted by Crippen LogP contribution is -2.21. The lowest BCUT2D eigenvalue weighted by molar-refractivity contribution is 0.423. The summed E-state index contributed by atoms with van der Waals surface area (Å²) < 4.78 is 2.47. The molecule has 0 atom stereocenters. The Kier molecular flexibility index (Phi) is 5.08. The highest BCUT2D eigenvalue weighted by Crippen LogP contribution is 2.40. The SMILES string of the molecule is CC(C)(C)n1c2ccccc2c2cc(-c3ccccc3-c3ccc4c(c3)c3ccccc3c3nccnc43)ccc21. The lowest BCUT2D eigenvalue weighted by atomic mass is 9.91. The van der Waals surface area contributed by atoms with Crippen LogP contribution in [0.1, 0.15) is 20.8 Å². The number of benzene rings is 6. The highest BCUT2D eigenvalue weighted by atomic mass is 15.0. The van der Waals surface area contributed by atoms with Gasteiger partial charge in [0.1, 0.15) is 0 Å². The molecule has 0 amide bonds. The van der Waals surface area contributed by atoms with Crippen LogP contribution in [0.2, 0.25) is 0 Å². The molecule has 41 heavy (non-hydrogen) atoms.